The fourth-order valence-corrected chi connectivity index (χ4v) is 2.70. The highest BCUT2D eigenvalue weighted by Crippen LogP contribution is 2.27. The van der Waals surface area contributed by atoms with Crippen molar-refractivity contribution >= 4 is 5.91 Å². The standard InChI is InChI=1S/C18H17N5O3/c1-12-3-2-4-14(7-12)25-11-16(24)23-9-13(10-23)18-21-17(22-26-18)15-8-19-5-6-20-15/h2-8,13H,9-11H2,1H3. The van der Waals surface area contributed by atoms with Gasteiger partial charge in [0.2, 0.25) is 11.7 Å². The third kappa shape index (κ3) is 3.39. The van der Waals surface area contributed by atoms with Gasteiger partial charge in [-0.25, -0.2) is 4.98 Å². The molecule has 0 bridgehead atoms. The Morgan fingerprint density at radius 1 is 1.35 bits per heavy atom. The Kier molecular flexibility index (Phi) is 4.30. The third-order valence-electron chi connectivity index (χ3n) is 4.17. The molecular formula is C18H17N5O3. The van der Waals surface area contributed by atoms with Gasteiger partial charge in [-0.2, -0.15) is 4.98 Å². The molecule has 0 atom stereocenters. The summed E-state index contributed by atoms with van der Waals surface area (Å²) >= 11 is 0. The topological polar surface area (TPSA) is 94.2 Å². The van der Waals surface area contributed by atoms with Gasteiger partial charge in [-0.1, -0.05) is 17.3 Å². The molecule has 8 heteroatoms. The lowest BCUT2D eigenvalue weighted by molar-refractivity contribution is -0.138. The van der Waals surface area contributed by atoms with Gasteiger partial charge < -0.3 is 14.2 Å². The van der Waals surface area contributed by atoms with Crippen LogP contribution in [0.3, 0.4) is 0 Å². The monoisotopic (exact) mass is 351 g/mol. The molecule has 8 nitrogen and oxygen atoms in total. The Hall–Kier alpha value is -3.29. The van der Waals surface area contributed by atoms with Crippen molar-refractivity contribution < 1.29 is 14.1 Å². The zero-order valence-electron chi connectivity index (χ0n) is 14.2. The molecule has 0 spiro atoms. The normalized spacial score (nSPS) is 14.1. The Morgan fingerprint density at radius 2 is 2.23 bits per heavy atom. The SMILES string of the molecule is Cc1cccc(OCC(=O)N2CC(c3nc(-c4cnccn4)no3)C2)c1. The lowest BCUT2D eigenvalue weighted by Gasteiger charge is -2.36. The van der Waals surface area contributed by atoms with Gasteiger partial charge in [0.1, 0.15) is 11.4 Å². The molecule has 3 heterocycles. The minimum Gasteiger partial charge on any atom is -0.484 e. The zero-order valence-corrected chi connectivity index (χ0v) is 14.2. The van der Waals surface area contributed by atoms with Crippen LogP contribution in [-0.4, -0.2) is 50.6 Å². The average molecular weight is 351 g/mol. The highest BCUT2D eigenvalue weighted by molar-refractivity contribution is 5.78. The molecule has 2 aromatic heterocycles. The minimum absolute atomic E-state index is 0.0187. The fourth-order valence-electron chi connectivity index (χ4n) is 2.70. The summed E-state index contributed by atoms with van der Waals surface area (Å²) in [6.45, 7) is 3.08. The van der Waals surface area contributed by atoms with E-state index in [-0.39, 0.29) is 18.4 Å². The molecule has 0 unspecified atom stereocenters. The van der Waals surface area contributed by atoms with Crippen LogP contribution in [0.5, 0.6) is 5.75 Å². The van der Waals surface area contributed by atoms with Crippen LogP contribution in [0, 0.1) is 6.92 Å². The summed E-state index contributed by atoms with van der Waals surface area (Å²) in [5, 5.41) is 3.93. The second-order valence-corrected chi connectivity index (χ2v) is 6.15. The molecule has 0 N–H and O–H groups in total. The molecule has 1 amide bonds. The van der Waals surface area contributed by atoms with E-state index in [2.05, 4.69) is 20.1 Å². The van der Waals surface area contributed by atoms with Crippen molar-refractivity contribution in [3.05, 3.63) is 54.3 Å². The number of rotatable bonds is 5. The van der Waals surface area contributed by atoms with Crippen molar-refractivity contribution in [1.29, 1.82) is 0 Å². The van der Waals surface area contributed by atoms with Gasteiger partial charge in [-0.05, 0) is 24.6 Å². The van der Waals surface area contributed by atoms with E-state index in [4.69, 9.17) is 9.26 Å². The van der Waals surface area contributed by atoms with Crippen LogP contribution < -0.4 is 4.74 Å². The molecule has 26 heavy (non-hydrogen) atoms. The van der Waals surface area contributed by atoms with Gasteiger partial charge in [0.15, 0.2) is 6.61 Å². The van der Waals surface area contributed by atoms with Crippen molar-refractivity contribution in [3.63, 3.8) is 0 Å². The van der Waals surface area contributed by atoms with E-state index in [0.717, 1.165) is 5.56 Å². The van der Waals surface area contributed by atoms with Crippen LogP contribution in [0.25, 0.3) is 11.5 Å². The number of aromatic nitrogens is 4. The lowest BCUT2D eigenvalue weighted by atomic mass is 10.0. The van der Waals surface area contributed by atoms with E-state index < -0.39 is 0 Å². The molecule has 3 aromatic rings. The Labute approximate surface area is 149 Å². The van der Waals surface area contributed by atoms with Gasteiger partial charge in [0, 0.05) is 25.5 Å². The molecule has 4 rings (SSSR count). The molecule has 1 aromatic carbocycles. The first-order chi connectivity index (χ1) is 12.7. The van der Waals surface area contributed by atoms with Gasteiger partial charge in [0.05, 0.1) is 12.1 Å². The summed E-state index contributed by atoms with van der Waals surface area (Å²) < 4.78 is 10.8. The van der Waals surface area contributed by atoms with Crippen molar-refractivity contribution in [2.24, 2.45) is 0 Å². The molecule has 0 aliphatic carbocycles. The van der Waals surface area contributed by atoms with E-state index in [1.807, 2.05) is 31.2 Å². The molecule has 132 valence electrons. The number of carbonyl (C=O) groups is 1. The van der Waals surface area contributed by atoms with Crippen LogP contribution in [0.15, 0.2) is 47.4 Å². The van der Waals surface area contributed by atoms with E-state index in [0.29, 0.717) is 36.2 Å². The van der Waals surface area contributed by atoms with Crippen LogP contribution in [0.2, 0.25) is 0 Å². The maximum Gasteiger partial charge on any atom is 0.260 e. The number of nitrogens with zero attached hydrogens (tertiary/aromatic N) is 5. The van der Waals surface area contributed by atoms with Crippen LogP contribution in [0.4, 0.5) is 0 Å². The van der Waals surface area contributed by atoms with Crippen molar-refractivity contribution in [1.82, 2.24) is 25.0 Å². The molecule has 1 aliphatic heterocycles. The summed E-state index contributed by atoms with van der Waals surface area (Å²) in [6.07, 6.45) is 4.73. The predicted octanol–water partition coefficient (Wildman–Crippen LogP) is 1.84. The molecule has 1 fully saturated rings. The zero-order chi connectivity index (χ0) is 17.9. The van der Waals surface area contributed by atoms with Crippen molar-refractivity contribution in [2.75, 3.05) is 19.7 Å². The van der Waals surface area contributed by atoms with Gasteiger partial charge in [0.25, 0.3) is 5.91 Å². The summed E-state index contributed by atoms with van der Waals surface area (Å²) in [6, 6.07) is 7.62. The first-order valence-electron chi connectivity index (χ1n) is 8.26. The largest absolute Gasteiger partial charge is 0.484 e. The number of hydrogen-bond donors (Lipinski definition) is 0. The van der Waals surface area contributed by atoms with E-state index >= 15 is 0 Å². The minimum atomic E-state index is -0.0589. The third-order valence-corrected chi connectivity index (χ3v) is 4.17. The average Bonchev–Trinajstić information content (AvgIpc) is 3.09. The maximum atomic E-state index is 12.2. The summed E-state index contributed by atoms with van der Waals surface area (Å²) in [4.78, 5) is 26.4. The molecular weight excluding hydrogens is 334 g/mol. The number of aryl methyl sites for hydroxylation is 1. The van der Waals surface area contributed by atoms with E-state index in [9.17, 15) is 4.79 Å². The van der Waals surface area contributed by atoms with E-state index in [1.54, 1.807) is 23.5 Å². The number of carbonyl (C=O) groups excluding carboxylic acids is 1. The second-order valence-electron chi connectivity index (χ2n) is 6.15. The number of likely N-dealkylation sites (tertiary alicyclic amines) is 1. The number of hydrogen-bond acceptors (Lipinski definition) is 7. The highest BCUT2D eigenvalue weighted by Gasteiger charge is 2.35. The molecule has 0 radical (unpaired) electrons. The van der Waals surface area contributed by atoms with Gasteiger partial charge in [-0.3, -0.25) is 9.78 Å². The number of ether oxygens (including phenoxy) is 1. The lowest BCUT2D eigenvalue weighted by Crippen LogP contribution is -2.50. The van der Waals surface area contributed by atoms with Gasteiger partial charge >= 0.3 is 0 Å². The summed E-state index contributed by atoms with van der Waals surface area (Å²) in [7, 11) is 0. The first kappa shape index (κ1) is 16.2. The van der Waals surface area contributed by atoms with Gasteiger partial charge in [-0.15, -0.1) is 0 Å². The maximum absolute atomic E-state index is 12.2. The second kappa shape index (κ2) is 6.91. The Morgan fingerprint density at radius 3 is 3.00 bits per heavy atom. The number of benzene rings is 1. The predicted molar refractivity (Wildman–Crippen MR) is 91.3 cm³/mol. The fraction of sp³-hybridized carbons (Fsp3) is 0.278. The van der Waals surface area contributed by atoms with Crippen molar-refractivity contribution in [3.8, 4) is 17.3 Å². The molecule has 1 aliphatic rings. The number of amides is 1. The molecule has 0 saturated carbocycles. The molecule has 1 saturated heterocycles. The Balaban J connectivity index is 1.30. The summed E-state index contributed by atoms with van der Waals surface area (Å²) in [5.74, 6) is 1.59. The Bertz CT molecular complexity index is 906. The van der Waals surface area contributed by atoms with Crippen LogP contribution in [-0.2, 0) is 4.79 Å². The van der Waals surface area contributed by atoms with E-state index in [1.165, 1.54) is 0 Å². The van der Waals surface area contributed by atoms with Crippen LogP contribution >= 0.6 is 0 Å². The highest BCUT2D eigenvalue weighted by atomic mass is 16.5. The quantitative estimate of drug-likeness (QED) is 0.692. The first-order valence-corrected chi connectivity index (χ1v) is 8.26. The van der Waals surface area contributed by atoms with Crippen molar-refractivity contribution in [2.45, 2.75) is 12.8 Å². The summed E-state index contributed by atoms with van der Waals surface area (Å²) in [5.41, 5.74) is 1.65. The van der Waals surface area contributed by atoms with Crippen LogP contribution in [0.1, 0.15) is 17.4 Å². The smallest absolute Gasteiger partial charge is 0.260 e.